The molecular formula is C64H125NO5. The molecule has 2 atom stereocenters. The van der Waals surface area contributed by atoms with Crippen molar-refractivity contribution < 1.29 is 24.5 Å². The number of carbonyl (C=O) groups is 2. The van der Waals surface area contributed by atoms with Gasteiger partial charge in [-0.3, -0.25) is 9.59 Å². The van der Waals surface area contributed by atoms with Crippen LogP contribution in [-0.2, 0) is 14.3 Å². The van der Waals surface area contributed by atoms with Gasteiger partial charge in [0.05, 0.1) is 25.4 Å². The predicted molar refractivity (Wildman–Crippen MR) is 306 cm³/mol. The standard InChI is InChI=1S/C64H125NO5/c1-3-5-7-9-11-13-15-17-19-21-22-23-25-28-32-36-40-44-48-52-56-62(67)61(60-66)65-63(68)57-53-49-45-41-37-33-29-26-27-31-35-39-43-47-51-55-59-70-64(69)58-54-50-46-42-38-34-30-24-20-18-16-14-12-10-8-6-4-2/h26,29,61-62,66-67H,3-25,27-28,30-60H2,1-2H3,(H,65,68)/b29-26-. The third kappa shape index (κ3) is 55.9. The zero-order chi connectivity index (χ0) is 50.7. The molecule has 2 unspecified atom stereocenters. The van der Waals surface area contributed by atoms with E-state index in [2.05, 4.69) is 31.3 Å². The Balaban J connectivity index is 3.44. The molecule has 0 aliphatic heterocycles. The molecule has 0 saturated heterocycles. The van der Waals surface area contributed by atoms with E-state index in [1.165, 1.54) is 263 Å². The van der Waals surface area contributed by atoms with Crippen molar-refractivity contribution in [3.8, 4) is 0 Å². The number of ether oxygens (including phenoxy) is 1. The third-order valence-corrected chi connectivity index (χ3v) is 15.1. The molecule has 0 aromatic carbocycles. The van der Waals surface area contributed by atoms with Crippen molar-refractivity contribution in [2.75, 3.05) is 13.2 Å². The summed E-state index contributed by atoms with van der Waals surface area (Å²) in [6, 6.07) is -0.554. The van der Waals surface area contributed by atoms with Gasteiger partial charge in [0.2, 0.25) is 5.91 Å². The Morgan fingerprint density at radius 1 is 0.386 bits per heavy atom. The van der Waals surface area contributed by atoms with Crippen LogP contribution < -0.4 is 5.32 Å². The summed E-state index contributed by atoms with van der Waals surface area (Å²) in [5, 5.41) is 23.4. The van der Waals surface area contributed by atoms with E-state index in [0.29, 0.717) is 25.9 Å². The van der Waals surface area contributed by atoms with Gasteiger partial charge in [0, 0.05) is 12.8 Å². The van der Waals surface area contributed by atoms with Crippen molar-refractivity contribution in [1.29, 1.82) is 0 Å². The van der Waals surface area contributed by atoms with Crippen LogP contribution in [0.15, 0.2) is 12.2 Å². The van der Waals surface area contributed by atoms with Gasteiger partial charge in [0.25, 0.3) is 0 Å². The minimum atomic E-state index is -0.675. The highest BCUT2D eigenvalue weighted by molar-refractivity contribution is 5.76. The number of unbranched alkanes of at least 4 members (excludes halogenated alkanes) is 47. The number of nitrogens with one attached hydrogen (secondary N) is 1. The number of amides is 1. The van der Waals surface area contributed by atoms with Gasteiger partial charge in [-0.05, 0) is 51.4 Å². The fourth-order valence-electron chi connectivity index (χ4n) is 10.2. The van der Waals surface area contributed by atoms with Crippen LogP contribution in [0.5, 0.6) is 0 Å². The van der Waals surface area contributed by atoms with Crippen LogP contribution >= 0.6 is 0 Å². The van der Waals surface area contributed by atoms with Gasteiger partial charge in [-0.2, -0.15) is 0 Å². The van der Waals surface area contributed by atoms with Crippen LogP contribution in [-0.4, -0.2) is 47.4 Å². The molecule has 70 heavy (non-hydrogen) atoms. The second-order valence-corrected chi connectivity index (χ2v) is 22.1. The minimum Gasteiger partial charge on any atom is -0.466 e. The van der Waals surface area contributed by atoms with Crippen LogP contribution in [0.25, 0.3) is 0 Å². The second-order valence-electron chi connectivity index (χ2n) is 22.1. The summed E-state index contributed by atoms with van der Waals surface area (Å²) >= 11 is 0. The average Bonchev–Trinajstić information content (AvgIpc) is 3.36. The average molecular weight is 989 g/mol. The van der Waals surface area contributed by atoms with E-state index in [1.807, 2.05) is 0 Å². The fourth-order valence-corrected chi connectivity index (χ4v) is 10.2. The van der Waals surface area contributed by atoms with Crippen LogP contribution in [0.3, 0.4) is 0 Å². The van der Waals surface area contributed by atoms with Crippen molar-refractivity contribution in [2.45, 2.75) is 373 Å². The third-order valence-electron chi connectivity index (χ3n) is 15.1. The van der Waals surface area contributed by atoms with Crippen molar-refractivity contribution in [3.63, 3.8) is 0 Å². The van der Waals surface area contributed by atoms with E-state index in [4.69, 9.17) is 4.74 Å². The van der Waals surface area contributed by atoms with Gasteiger partial charge in [-0.25, -0.2) is 0 Å². The molecule has 6 nitrogen and oxygen atoms in total. The number of carbonyl (C=O) groups excluding carboxylic acids is 2. The Morgan fingerprint density at radius 2 is 0.671 bits per heavy atom. The molecule has 0 radical (unpaired) electrons. The van der Waals surface area contributed by atoms with E-state index < -0.39 is 12.1 Å². The molecule has 0 saturated carbocycles. The van der Waals surface area contributed by atoms with Crippen molar-refractivity contribution >= 4 is 11.9 Å². The maximum absolute atomic E-state index is 12.5. The normalized spacial score (nSPS) is 12.6. The summed E-state index contributed by atoms with van der Waals surface area (Å²) in [6.45, 7) is 4.97. The lowest BCUT2D eigenvalue weighted by atomic mass is 10.0. The summed E-state index contributed by atoms with van der Waals surface area (Å²) in [5.74, 6) is -0.0458. The lowest BCUT2D eigenvalue weighted by molar-refractivity contribution is -0.143. The molecule has 0 bridgehead atoms. The van der Waals surface area contributed by atoms with Gasteiger partial charge < -0.3 is 20.3 Å². The van der Waals surface area contributed by atoms with E-state index in [0.717, 1.165) is 64.2 Å². The zero-order valence-corrected chi connectivity index (χ0v) is 47.5. The lowest BCUT2D eigenvalue weighted by Gasteiger charge is -2.22. The highest BCUT2D eigenvalue weighted by Crippen LogP contribution is 2.18. The highest BCUT2D eigenvalue weighted by atomic mass is 16.5. The molecule has 3 N–H and O–H groups in total. The molecule has 1 amide bonds. The smallest absolute Gasteiger partial charge is 0.305 e. The first-order valence-corrected chi connectivity index (χ1v) is 31.9. The number of rotatable bonds is 60. The molecule has 0 aliphatic rings. The van der Waals surface area contributed by atoms with E-state index >= 15 is 0 Å². The van der Waals surface area contributed by atoms with Crippen LogP contribution in [0.1, 0.15) is 361 Å². The van der Waals surface area contributed by atoms with Crippen molar-refractivity contribution in [1.82, 2.24) is 5.32 Å². The van der Waals surface area contributed by atoms with Crippen molar-refractivity contribution in [2.24, 2.45) is 0 Å². The SMILES string of the molecule is CCCCCCCCCCCCCCCCCCCCCCC(O)C(CO)NC(=O)CCCCCCC/C=C\CCCCCCCCCOC(=O)CCCCCCCCCCCCCCCCCCC. The largest absolute Gasteiger partial charge is 0.466 e. The lowest BCUT2D eigenvalue weighted by Crippen LogP contribution is -2.45. The molecule has 0 spiro atoms. The predicted octanol–water partition coefficient (Wildman–Crippen LogP) is 20.0. The highest BCUT2D eigenvalue weighted by Gasteiger charge is 2.20. The Morgan fingerprint density at radius 3 is 1.01 bits per heavy atom. The van der Waals surface area contributed by atoms with Gasteiger partial charge in [-0.1, -0.05) is 309 Å². The number of hydrogen-bond donors (Lipinski definition) is 3. The first-order chi connectivity index (χ1) is 34.5. The monoisotopic (exact) mass is 988 g/mol. The number of esters is 1. The fraction of sp³-hybridized carbons (Fsp3) is 0.938. The second kappa shape index (κ2) is 60.2. The summed E-state index contributed by atoms with van der Waals surface area (Å²) in [5.41, 5.74) is 0. The van der Waals surface area contributed by atoms with Crippen LogP contribution in [0.2, 0.25) is 0 Å². The Hall–Kier alpha value is -1.40. The Kier molecular flexibility index (Phi) is 59.0. The summed E-state index contributed by atoms with van der Waals surface area (Å²) in [6.07, 6.45) is 72.2. The van der Waals surface area contributed by atoms with Gasteiger partial charge >= 0.3 is 5.97 Å². The summed E-state index contributed by atoms with van der Waals surface area (Å²) in [7, 11) is 0. The summed E-state index contributed by atoms with van der Waals surface area (Å²) < 4.78 is 5.49. The zero-order valence-electron chi connectivity index (χ0n) is 47.5. The first-order valence-electron chi connectivity index (χ1n) is 31.9. The molecule has 0 aromatic heterocycles. The van der Waals surface area contributed by atoms with E-state index in [1.54, 1.807) is 0 Å². The maximum atomic E-state index is 12.5. The minimum absolute atomic E-state index is 0.00225. The number of aliphatic hydroxyl groups excluding tert-OH is 2. The van der Waals surface area contributed by atoms with E-state index in [9.17, 15) is 19.8 Å². The van der Waals surface area contributed by atoms with Gasteiger partial charge in [0.1, 0.15) is 0 Å². The van der Waals surface area contributed by atoms with Crippen LogP contribution in [0, 0.1) is 0 Å². The van der Waals surface area contributed by atoms with Gasteiger partial charge in [-0.15, -0.1) is 0 Å². The molecule has 0 heterocycles. The first kappa shape index (κ1) is 68.6. The Labute approximate surface area is 438 Å². The maximum Gasteiger partial charge on any atom is 0.305 e. The molecule has 0 rings (SSSR count). The molecule has 6 heteroatoms. The van der Waals surface area contributed by atoms with Gasteiger partial charge in [0.15, 0.2) is 0 Å². The summed E-state index contributed by atoms with van der Waals surface area (Å²) in [4.78, 5) is 24.6. The quantitative estimate of drug-likeness (QED) is 0.0321. The number of allylic oxidation sites excluding steroid dienone is 2. The topological polar surface area (TPSA) is 95.9 Å². The molecule has 0 aliphatic carbocycles. The molecular weight excluding hydrogens is 863 g/mol. The number of aliphatic hydroxyl groups is 2. The van der Waals surface area contributed by atoms with E-state index in [-0.39, 0.29) is 18.5 Å². The number of hydrogen-bond acceptors (Lipinski definition) is 5. The van der Waals surface area contributed by atoms with Crippen molar-refractivity contribution in [3.05, 3.63) is 12.2 Å². The van der Waals surface area contributed by atoms with Crippen LogP contribution in [0.4, 0.5) is 0 Å². The molecule has 0 fully saturated rings. The molecule has 0 aromatic rings. The molecule has 416 valence electrons. The Bertz CT molecular complexity index is 1050.